The van der Waals surface area contributed by atoms with Crippen molar-refractivity contribution in [3.8, 4) is 11.5 Å². The Labute approximate surface area is 532 Å². The number of benzene rings is 2. The number of aliphatic hydroxyl groups excluding tert-OH is 6. The number of aliphatic hydroxyl groups is 6. The number of rotatable bonds is 18. The van der Waals surface area contributed by atoms with Crippen LogP contribution in [0.4, 0.5) is 5.69 Å². The normalized spacial score (nSPS) is 31.3. The molecule has 4 saturated heterocycles. The van der Waals surface area contributed by atoms with Gasteiger partial charge < -0.3 is 90.8 Å². The molecule has 2 saturated carbocycles. The summed E-state index contributed by atoms with van der Waals surface area (Å²) < 4.78 is 15.4. The molecule has 0 unspecified atom stereocenters. The van der Waals surface area contributed by atoms with Gasteiger partial charge in [0.15, 0.2) is 17.6 Å². The molecule has 13 N–H and O–H groups in total. The van der Waals surface area contributed by atoms with Gasteiger partial charge >= 0.3 is 0 Å². The average molecular weight is 1300 g/mol. The van der Waals surface area contributed by atoms with Gasteiger partial charge in [0.2, 0.25) is 42.0 Å². The van der Waals surface area contributed by atoms with Crippen LogP contribution in [0.25, 0.3) is 4.85 Å². The fraction of sp³-hybridized carbons (Fsp3) is 0.672. The van der Waals surface area contributed by atoms with E-state index in [0.29, 0.717) is 12.1 Å². The molecule has 4 heterocycles. The molecule has 4 aliphatic heterocycles. The minimum absolute atomic E-state index is 0.0778. The summed E-state index contributed by atoms with van der Waals surface area (Å²) >= 11 is 0.0778. The largest absolute Gasteiger partial charge is 0.504 e. The molecule has 8 rings (SSSR count). The van der Waals surface area contributed by atoms with E-state index in [4.69, 9.17) is 20.7 Å². The van der Waals surface area contributed by atoms with Crippen molar-refractivity contribution in [1.82, 2.24) is 41.3 Å². The number of fused-ring (bicyclic) bond motifs is 2. The lowest BCUT2D eigenvalue weighted by Gasteiger charge is -2.44. The first kappa shape index (κ1) is 70.4. The Morgan fingerprint density at radius 2 is 1.42 bits per heavy atom. The van der Waals surface area contributed by atoms with Gasteiger partial charge in [0.25, 0.3) is 18.2 Å². The van der Waals surface area contributed by atoms with Crippen LogP contribution in [0, 0.1) is 24.3 Å². The molecule has 2 aromatic rings. The van der Waals surface area contributed by atoms with Gasteiger partial charge in [0.1, 0.15) is 36.3 Å². The van der Waals surface area contributed by atoms with E-state index in [1.54, 1.807) is 24.3 Å². The molecule has 6 aliphatic rings. The van der Waals surface area contributed by atoms with Crippen LogP contribution >= 0.6 is 12.3 Å². The second kappa shape index (κ2) is 32.9. The lowest BCUT2D eigenvalue weighted by atomic mass is 9.71. The standard InChI is InChI=1S/C61H88N10O19S/c1-5-24-87-43-17-11-37(12-18-43)36-7-13-39(14-8-36)68-20-22-69(23-21-68)40-15-9-38(10-16-40)55(79)64-44-27-41(73)29-63-59(83)53-54(78)33(2)31-71(53)61(85)52(48(77)30-62-4)67-58(82)51(47(76)25-35-6-19-46(75)49(26-35)88-91-90-89-86)66-57(81)45-28-42(74)32-70(45)60(84)50(34(3)72)65-56(44)80/h6,9-10,15-16,19,26,33-34,36-37,39,41-45,47-48,50-54,72-78,86H,5,7-8,11-14,17-18,20-25,27-32H2,1-3H3,(H,63,83)(H,64,79)(H,65,80)(H,66,81)(H,67,82)/t33-,34+,36?,37?,39?,41+,42+,43?,44+,45+,47-,48-,50+,51+,52+,53+,54+/m1/s1. The van der Waals surface area contributed by atoms with Crippen LogP contribution in [-0.4, -0.2) is 241 Å². The van der Waals surface area contributed by atoms with Gasteiger partial charge in [-0.1, -0.05) is 29.3 Å². The van der Waals surface area contributed by atoms with E-state index < -0.39 is 165 Å². The Bertz CT molecular complexity index is 2850. The Hall–Kier alpha value is -6.47. The third kappa shape index (κ3) is 18.0. The number of carbonyl (C=O) groups excluding carboxylic acids is 7. The summed E-state index contributed by atoms with van der Waals surface area (Å²) in [5, 5.41) is 103. The highest BCUT2D eigenvalue weighted by Crippen LogP contribution is 2.41. The summed E-state index contributed by atoms with van der Waals surface area (Å²) in [7, 11) is 0. The first-order valence-corrected chi connectivity index (χ1v) is 32.1. The number of aromatic hydroxyl groups is 1. The maximum Gasteiger partial charge on any atom is 0.261 e. The van der Waals surface area contributed by atoms with Crippen molar-refractivity contribution < 1.29 is 92.9 Å². The topological polar surface area (TPSA) is 396 Å². The number of amides is 7. The maximum absolute atomic E-state index is 14.7. The molecule has 0 bridgehead atoms. The lowest BCUT2D eigenvalue weighted by Crippen LogP contribution is -2.64. The average Bonchev–Trinajstić information content (AvgIpc) is 1.72. The highest BCUT2D eigenvalue weighted by Gasteiger charge is 2.50. The Morgan fingerprint density at radius 3 is 2.07 bits per heavy atom. The van der Waals surface area contributed by atoms with Crippen LogP contribution in [0.5, 0.6) is 11.5 Å². The third-order valence-corrected chi connectivity index (χ3v) is 19.0. The van der Waals surface area contributed by atoms with E-state index in [-0.39, 0.29) is 35.7 Å². The number of hydrogen-bond donors (Lipinski definition) is 13. The summed E-state index contributed by atoms with van der Waals surface area (Å²) in [4.78, 5) is 111. The van der Waals surface area contributed by atoms with Crippen LogP contribution in [0.2, 0.25) is 0 Å². The molecule has 13 atom stereocenters. The van der Waals surface area contributed by atoms with E-state index in [0.717, 1.165) is 92.4 Å². The monoisotopic (exact) mass is 1300 g/mol. The predicted octanol–water partition coefficient (Wildman–Crippen LogP) is -0.711. The molecule has 29 nitrogen and oxygen atoms in total. The fourth-order valence-electron chi connectivity index (χ4n) is 13.7. The van der Waals surface area contributed by atoms with Crippen LogP contribution in [0.15, 0.2) is 42.5 Å². The second-order valence-electron chi connectivity index (χ2n) is 25.0. The van der Waals surface area contributed by atoms with Gasteiger partial charge in [-0.3, -0.25) is 38.5 Å². The maximum atomic E-state index is 14.7. The zero-order valence-electron chi connectivity index (χ0n) is 51.4. The van der Waals surface area contributed by atoms with Gasteiger partial charge in [-0.25, -0.2) is 11.8 Å². The molecule has 502 valence electrons. The molecule has 6 fully saturated rings. The molecule has 7 amide bonds. The Kier molecular flexibility index (Phi) is 25.4. The minimum atomic E-state index is -2.14. The molecule has 2 aromatic carbocycles. The molecule has 0 spiro atoms. The molecule has 0 radical (unpaired) electrons. The van der Waals surface area contributed by atoms with Crippen LogP contribution in [0.3, 0.4) is 0 Å². The Morgan fingerprint density at radius 1 is 0.769 bits per heavy atom. The summed E-state index contributed by atoms with van der Waals surface area (Å²) in [6.07, 6.45) is -0.918. The minimum Gasteiger partial charge on any atom is -0.504 e. The zero-order valence-corrected chi connectivity index (χ0v) is 52.2. The van der Waals surface area contributed by atoms with Crippen molar-refractivity contribution >= 4 is 59.4 Å². The van der Waals surface area contributed by atoms with E-state index in [2.05, 4.69) is 57.5 Å². The number of piperazine rings is 1. The van der Waals surface area contributed by atoms with E-state index >= 15 is 0 Å². The SMILES string of the molecule is [C-]#[N+]C[C@@H](O)[C@@H]1NC(=O)[C@H]([C@H](O)Cc2ccc(O)c(OSOOO)c2)NC(=O)[C@@H]2C[C@H](O)CN2C(=O)[C@H]([C@H](C)O)NC(=O)[C@@H](NC(=O)c2ccc(N3CCN(C4CCC(C5CCC(OCCC)CC5)CC4)CC3)cc2)C[C@H](O)CNC(=O)[C@@H]2[C@@H](O)[C@H](C)CN2C1=O. The highest BCUT2D eigenvalue weighted by atomic mass is 32.2. The predicted molar refractivity (Wildman–Crippen MR) is 325 cm³/mol. The molecular formula is C61H88N10O19S. The third-order valence-electron chi connectivity index (χ3n) is 18.7. The van der Waals surface area contributed by atoms with E-state index in [1.165, 1.54) is 57.6 Å². The second-order valence-corrected chi connectivity index (χ2v) is 25.4. The van der Waals surface area contributed by atoms with Crippen molar-refractivity contribution in [3.05, 3.63) is 65.0 Å². The van der Waals surface area contributed by atoms with Crippen LogP contribution < -0.4 is 35.7 Å². The number of ether oxygens (including phenoxy) is 1. The molecular weight excluding hydrogens is 1210 g/mol. The van der Waals surface area contributed by atoms with Crippen LogP contribution in [0.1, 0.15) is 107 Å². The Balaban J connectivity index is 1.00. The van der Waals surface area contributed by atoms with Crippen LogP contribution in [-0.2, 0) is 49.3 Å². The van der Waals surface area contributed by atoms with Gasteiger partial charge in [0, 0.05) is 94.9 Å². The summed E-state index contributed by atoms with van der Waals surface area (Å²) in [6.45, 7) is 14.1. The first-order chi connectivity index (χ1) is 43.6. The number of hydrogen-bond acceptors (Lipinski definition) is 22. The first-order valence-electron chi connectivity index (χ1n) is 31.5. The summed E-state index contributed by atoms with van der Waals surface area (Å²) in [6, 6.07) is -0.389. The molecule has 2 aliphatic carbocycles. The van der Waals surface area contributed by atoms with Crippen molar-refractivity contribution in [2.45, 2.75) is 183 Å². The molecule has 30 heteroatoms. The number of phenols is 1. The van der Waals surface area contributed by atoms with Gasteiger partial charge in [-0.2, -0.15) is 0 Å². The summed E-state index contributed by atoms with van der Waals surface area (Å²) in [5.74, 6) is -7.80. The number of carbonyl (C=O) groups is 7. The number of anilines is 1. The van der Waals surface area contributed by atoms with Crippen molar-refractivity contribution in [3.63, 3.8) is 0 Å². The van der Waals surface area contributed by atoms with E-state index in [9.17, 15) is 69.3 Å². The highest BCUT2D eigenvalue weighted by molar-refractivity contribution is 7.90. The zero-order chi connectivity index (χ0) is 65.6. The van der Waals surface area contributed by atoms with Crippen molar-refractivity contribution in [2.75, 3.05) is 63.9 Å². The molecule has 91 heavy (non-hydrogen) atoms. The fourth-order valence-corrected chi connectivity index (χ4v) is 13.9. The van der Waals surface area contributed by atoms with Crippen molar-refractivity contribution in [2.24, 2.45) is 17.8 Å². The quantitative estimate of drug-likeness (QED) is 0.0288. The van der Waals surface area contributed by atoms with Gasteiger partial charge in [0.05, 0.1) is 36.6 Å². The van der Waals surface area contributed by atoms with Gasteiger partial charge in [-0.15, -0.1) is 0 Å². The smallest absolute Gasteiger partial charge is 0.261 e. The number of nitrogens with zero attached hydrogens (tertiary/aromatic N) is 5. The number of nitrogens with one attached hydrogen (secondary N) is 5. The summed E-state index contributed by atoms with van der Waals surface area (Å²) in [5.41, 5.74) is 1.12. The molecule has 0 aromatic heterocycles. The van der Waals surface area contributed by atoms with Crippen molar-refractivity contribution in [1.29, 1.82) is 0 Å². The number of β-amino-alcohol motifs (C(OH)–C–C–N with tert-alkyl or cyclic N) is 1. The van der Waals surface area contributed by atoms with Gasteiger partial charge in [-0.05, 0) is 119 Å². The lowest BCUT2D eigenvalue weighted by molar-refractivity contribution is -0.433. The number of phenolic OH excluding ortho intramolecular Hbond substituents is 1. The van der Waals surface area contributed by atoms with E-state index in [1.807, 2.05) is 0 Å².